The van der Waals surface area contributed by atoms with Crippen molar-refractivity contribution >= 4 is 11.8 Å². The lowest BCUT2D eigenvalue weighted by atomic mass is 10.2. The van der Waals surface area contributed by atoms with Crippen molar-refractivity contribution in [2.75, 3.05) is 11.9 Å². The van der Waals surface area contributed by atoms with Crippen LogP contribution in [0.25, 0.3) is 11.5 Å². The molecular weight excluding hydrogens is 236 g/mol. The van der Waals surface area contributed by atoms with Crippen LogP contribution in [0.2, 0.25) is 0 Å². The Labute approximate surface area is 103 Å². The van der Waals surface area contributed by atoms with Crippen LogP contribution >= 0.6 is 0 Å². The summed E-state index contributed by atoms with van der Waals surface area (Å²) in [6, 6.07) is 3.53. The van der Waals surface area contributed by atoms with Crippen molar-refractivity contribution in [3.8, 4) is 11.5 Å². The number of carboxylic acids is 1. The van der Waals surface area contributed by atoms with Crippen molar-refractivity contribution in [3.05, 3.63) is 24.2 Å². The highest BCUT2D eigenvalue weighted by Gasteiger charge is 2.12. The van der Waals surface area contributed by atoms with E-state index in [1.54, 1.807) is 25.3 Å². The predicted molar refractivity (Wildman–Crippen MR) is 63.0 cm³/mol. The first-order valence-electron chi connectivity index (χ1n) is 5.38. The molecule has 0 fully saturated rings. The van der Waals surface area contributed by atoms with Crippen LogP contribution in [0.3, 0.4) is 0 Å². The molecule has 18 heavy (non-hydrogen) atoms. The monoisotopic (exact) mass is 248 g/mol. The van der Waals surface area contributed by atoms with E-state index in [-0.39, 0.29) is 13.0 Å². The van der Waals surface area contributed by atoms with Gasteiger partial charge < -0.3 is 14.9 Å². The Morgan fingerprint density at radius 1 is 1.56 bits per heavy atom. The first kappa shape index (κ1) is 12.0. The molecule has 0 spiro atoms. The fourth-order valence-electron chi connectivity index (χ4n) is 1.41. The summed E-state index contributed by atoms with van der Waals surface area (Å²) in [6.07, 6.45) is 1.62. The highest BCUT2D eigenvalue weighted by atomic mass is 16.5. The molecule has 7 nitrogen and oxygen atoms in total. The third-order valence-electron chi connectivity index (χ3n) is 2.20. The number of rotatable bonds is 5. The van der Waals surface area contributed by atoms with Gasteiger partial charge in [0, 0.05) is 12.7 Å². The Morgan fingerprint density at radius 3 is 3.06 bits per heavy atom. The Balaban J connectivity index is 2.18. The molecule has 7 heteroatoms. The van der Waals surface area contributed by atoms with Gasteiger partial charge in [0.25, 0.3) is 5.89 Å². The molecule has 0 aliphatic heterocycles. The van der Waals surface area contributed by atoms with Gasteiger partial charge in [-0.2, -0.15) is 4.98 Å². The standard InChI is InChI=1S/C11H12N4O3/c1-7-14-11(18-15-7)8-3-2-5-12-10(8)13-6-4-9(16)17/h2-3,5H,4,6H2,1H3,(H,12,13)(H,16,17). The number of hydrogen-bond donors (Lipinski definition) is 2. The van der Waals surface area contributed by atoms with E-state index < -0.39 is 5.97 Å². The third-order valence-corrected chi connectivity index (χ3v) is 2.20. The summed E-state index contributed by atoms with van der Waals surface area (Å²) >= 11 is 0. The number of carbonyl (C=O) groups is 1. The lowest BCUT2D eigenvalue weighted by Crippen LogP contribution is -2.09. The topological polar surface area (TPSA) is 101 Å². The second-order valence-electron chi connectivity index (χ2n) is 3.62. The molecule has 0 aliphatic carbocycles. The molecule has 0 radical (unpaired) electrons. The Bertz CT molecular complexity index is 553. The second-order valence-corrected chi connectivity index (χ2v) is 3.62. The van der Waals surface area contributed by atoms with E-state index in [1.807, 2.05) is 0 Å². The molecule has 2 rings (SSSR count). The quantitative estimate of drug-likeness (QED) is 0.822. The molecule has 0 saturated heterocycles. The zero-order valence-electron chi connectivity index (χ0n) is 9.75. The number of nitrogens with zero attached hydrogens (tertiary/aromatic N) is 3. The van der Waals surface area contributed by atoms with Gasteiger partial charge in [0.2, 0.25) is 0 Å². The van der Waals surface area contributed by atoms with Crippen LogP contribution in [0.1, 0.15) is 12.2 Å². The van der Waals surface area contributed by atoms with Crippen molar-refractivity contribution in [1.29, 1.82) is 0 Å². The summed E-state index contributed by atoms with van der Waals surface area (Å²) in [6.45, 7) is 2.01. The largest absolute Gasteiger partial charge is 0.481 e. The normalized spacial score (nSPS) is 10.3. The molecule has 0 aliphatic rings. The predicted octanol–water partition coefficient (Wildman–Crippen LogP) is 1.33. The van der Waals surface area contributed by atoms with Gasteiger partial charge in [0.15, 0.2) is 5.82 Å². The Morgan fingerprint density at radius 2 is 2.39 bits per heavy atom. The molecule has 0 saturated carbocycles. The minimum Gasteiger partial charge on any atom is -0.481 e. The van der Waals surface area contributed by atoms with Crippen LogP contribution < -0.4 is 5.32 Å². The number of aliphatic carboxylic acids is 1. The van der Waals surface area contributed by atoms with E-state index in [0.29, 0.717) is 23.1 Å². The smallest absolute Gasteiger partial charge is 0.305 e. The van der Waals surface area contributed by atoms with Gasteiger partial charge in [0.05, 0.1) is 12.0 Å². The lowest BCUT2D eigenvalue weighted by Gasteiger charge is -2.06. The molecule has 2 aromatic heterocycles. The van der Waals surface area contributed by atoms with E-state index in [2.05, 4.69) is 20.4 Å². The second kappa shape index (κ2) is 5.26. The fraction of sp³-hybridized carbons (Fsp3) is 0.273. The molecule has 0 atom stereocenters. The average molecular weight is 248 g/mol. The summed E-state index contributed by atoms with van der Waals surface area (Å²) in [5.41, 5.74) is 0.656. The van der Waals surface area contributed by atoms with E-state index in [0.717, 1.165) is 0 Å². The van der Waals surface area contributed by atoms with Crippen molar-refractivity contribution in [2.24, 2.45) is 0 Å². The summed E-state index contributed by atoms with van der Waals surface area (Å²) < 4.78 is 5.06. The number of anilines is 1. The van der Waals surface area contributed by atoms with Gasteiger partial charge in [-0.3, -0.25) is 4.79 Å². The maximum absolute atomic E-state index is 10.4. The highest BCUT2D eigenvalue weighted by molar-refractivity contribution is 5.70. The van der Waals surface area contributed by atoms with Crippen LogP contribution in [0.4, 0.5) is 5.82 Å². The number of nitrogens with one attached hydrogen (secondary N) is 1. The van der Waals surface area contributed by atoms with Gasteiger partial charge in [-0.05, 0) is 19.1 Å². The first-order chi connectivity index (χ1) is 8.66. The van der Waals surface area contributed by atoms with Crippen molar-refractivity contribution in [1.82, 2.24) is 15.1 Å². The minimum atomic E-state index is -0.867. The number of pyridine rings is 1. The highest BCUT2D eigenvalue weighted by Crippen LogP contribution is 2.23. The van der Waals surface area contributed by atoms with E-state index in [4.69, 9.17) is 9.63 Å². The van der Waals surface area contributed by atoms with Crippen molar-refractivity contribution in [2.45, 2.75) is 13.3 Å². The van der Waals surface area contributed by atoms with Crippen LogP contribution in [0, 0.1) is 6.92 Å². The Kier molecular flexibility index (Phi) is 3.52. The molecule has 2 aromatic rings. The Hall–Kier alpha value is -2.44. The van der Waals surface area contributed by atoms with Crippen molar-refractivity contribution < 1.29 is 14.4 Å². The van der Waals surface area contributed by atoms with Crippen LogP contribution in [0.15, 0.2) is 22.9 Å². The molecule has 2 heterocycles. The first-order valence-corrected chi connectivity index (χ1v) is 5.38. The summed E-state index contributed by atoms with van der Waals surface area (Å²) in [4.78, 5) is 18.7. The minimum absolute atomic E-state index is 0.0128. The summed E-state index contributed by atoms with van der Waals surface area (Å²) in [5.74, 6) is 0.555. The maximum atomic E-state index is 10.4. The number of aryl methyl sites for hydroxylation is 1. The van der Waals surface area contributed by atoms with Gasteiger partial charge >= 0.3 is 5.97 Å². The maximum Gasteiger partial charge on any atom is 0.305 e. The van der Waals surface area contributed by atoms with Gasteiger partial charge in [0.1, 0.15) is 5.82 Å². The van der Waals surface area contributed by atoms with E-state index in [1.165, 1.54) is 0 Å². The zero-order valence-corrected chi connectivity index (χ0v) is 9.75. The number of hydrogen-bond acceptors (Lipinski definition) is 6. The SMILES string of the molecule is Cc1noc(-c2cccnc2NCCC(=O)O)n1. The summed E-state index contributed by atoms with van der Waals surface area (Å²) in [5, 5.41) is 15.2. The molecule has 0 bridgehead atoms. The van der Waals surface area contributed by atoms with Crippen LogP contribution in [-0.4, -0.2) is 32.7 Å². The fourth-order valence-corrected chi connectivity index (χ4v) is 1.41. The third kappa shape index (κ3) is 2.82. The van der Waals surface area contributed by atoms with Crippen LogP contribution in [-0.2, 0) is 4.79 Å². The van der Waals surface area contributed by atoms with E-state index in [9.17, 15) is 4.79 Å². The molecule has 2 N–H and O–H groups in total. The molecule has 94 valence electrons. The van der Waals surface area contributed by atoms with Crippen molar-refractivity contribution in [3.63, 3.8) is 0 Å². The van der Waals surface area contributed by atoms with Gasteiger partial charge in [-0.15, -0.1) is 0 Å². The van der Waals surface area contributed by atoms with Gasteiger partial charge in [-0.25, -0.2) is 4.98 Å². The zero-order chi connectivity index (χ0) is 13.0. The average Bonchev–Trinajstić information content (AvgIpc) is 2.76. The summed E-state index contributed by atoms with van der Waals surface area (Å²) in [7, 11) is 0. The molecular formula is C11H12N4O3. The molecule has 0 aromatic carbocycles. The lowest BCUT2D eigenvalue weighted by molar-refractivity contribution is -0.136. The van der Waals surface area contributed by atoms with Crippen LogP contribution in [0.5, 0.6) is 0 Å². The number of carboxylic acid groups (broad SMARTS) is 1. The number of aromatic nitrogens is 3. The molecule has 0 amide bonds. The van der Waals surface area contributed by atoms with E-state index >= 15 is 0 Å². The molecule has 0 unspecified atom stereocenters. The van der Waals surface area contributed by atoms with Gasteiger partial charge in [-0.1, -0.05) is 5.16 Å².